The SMILES string of the molecule is CC1(C)CN(C(=O)Cn2nccn2)c2cc(C(F)(F)F)ccc2O1. The van der Waals surface area contributed by atoms with Crippen LogP contribution in [0.15, 0.2) is 30.6 Å². The molecule has 0 saturated heterocycles. The fourth-order valence-corrected chi connectivity index (χ4v) is 2.54. The lowest BCUT2D eigenvalue weighted by Crippen LogP contribution is -2.50. The number of carbonyl (C=O) groups is 1. The third-order valence-corrected chi connectivity index (χ3v) is 3.55. The predicted octanol–water partition coefficient (Wildman–Crippen LogP) is 2.50. The van der Waals surface area contributed by atoms with Gasteiger partial charge in [-0.1, -0.05) is 0 Å². The van der Waals surface area contributed by atoms with Gasteiger partial charge in [0, 0.05) is 0 Å². The first-order valence-corrected chi connectivity index (χ1v) is 7.20. The van der Waals surface area contributed by atoms with Gasteiger partial charge < -0.3 is 9.64 Å². The number of halogens is 3. The van der Waals surface area contributed by atoms with Crippen molar-refractivity contribution >= 4 is 11.6 Å². The number of nitrogens with zero attached hydrogens (tertiary/aromatic N) is 4. The van der Waals surface area contributed by atoms with Gasteiger partial charge in [0.15, 0.2) is 0 Å². The minimum Gasteiger partial charge on any atom is -0.484 e. The first kappa shape index (κ1) is 16.3. The summed E-state index contributed by atoms with van der Waals surface area (Å²) in [5.41, 5.74) is -1.46. The molecule has 2 aromatic rings. The zero-order chi connectivity index (χ0) is 17.5. The number of hydrogen-bond donors (Lipinski definition) is 0. The van der Waals surface area contributed by atoms with E-state index in [1.807, 2.05) is 0 Å². The Hall–Kier alpha value is -2.58. The standard InChI is InChI=1S/C15H15F3N4O2/c1-14(2)9-21(13(23)8-22-19-5-6-20-22)11-7-10(15(16,17)18)3-4-12(11)24-14/h3-7H,8-9H2,1-2H3. The van der Waals surface area contributed by atoms with Crippen molar-refractivity contribution in [2.75, 3.05) is 11.4 Å². The summed E-state index contributed by atoms with van der Waals surface area (Å²) in [6.07, 6.45) is -1.65. The molecule has 0 aliphatic carbocycles. The summed E-state index contributed by atoms with van der Waals surface area (Å²) in [4.78, 5) is 15.0. The summed E-state index contributed by atoms with van der Waals surface area (Å²) in [7, 11) is 0. The molecule has 9 heteroatoms. The van der Waals surface area contributed by atoms with Crippen molar-refractivity contribution in [3.05, 3.63) is 36.2 Å². The number of aromatic nitrogens is 3. The highest BCUT2D eigenvalue weighted by Crippen LogP contribution is 2.41. The summed E-state index contributed by atoms with van der Waals surface area (Å²) in [5, 5.41) is 7.69. The van der Waals surface area contributed by atoms with Crippen molar-refractivity contribution in [2.45, 2.75) is 32.2 Å². The second-order valence-corrected chi connectivity index (χ2v) is 6.08. The molecule has 1 aromatic carbocycles. The van der Waals surface area contributed by atoms with E-state index in [0.717, 1.165) is 12.1 Å². The Balaban J connectivity index is 1.98. The van der Waals surface area contributed by atoms with Crippen LogP contribution in [0.5, 0.6) is 5.75 Å². The van der Waals surface area contributed by atoms with Crippen molar-refractivity contribution < 1.29 is 22.7 Å². The second kappa shape index (κ2) is 5.50. The number of anilines is 1. The maximum absolute atomic E-state index is 13.0. The Labute approximate surface area is 135 Å². The lowest BCUT2D eigenvalue weighted by atomic mass is 10.0. The van der Waals surface area contributed by atoms with Crippen LogP contribution in [0, 0.1) is 0 Å². The van der Waals surface area contributed by atoms with Gasteiger partial charge in [-0.05, 0) is 32.0 Å². The average Bonchev–Trinajstić information content (AvgIpc) is 2.96. The van der Waals surface area contributed by atoms with Crippen molar-refractivity contribution in [1.82, 2.24) is 15.0 Å². The number of alkyl halides is 3. The zero-order valence-electron chi connectivity index (χ0n) is 13.0. The molecule has 1 aromatic heterocycles. The number of hydrogen-bond acceptors (Lipinski definition) is 4. The molecule has 0 N–H and O–H groups in total. The Morgan fingerprint density at radius 2 is 1.96 bits per heavy atom. The van der Waals surface area contributed by atoms with Gasteiger partial charge in [0.25, 0.3) is 5.91 Å². The van der Waals surface area contributed by atoms with Crippen LogP contribution in [0.3, 0.4) is 0 Å². The Bertz CT molecular complexity index is 757. The molecule has 0 bridgehead atoms. The van der Waals surface area contributed by atoms with Crippen LogP contribution < -0.4 is 9.64 Å². The van der Waals surface area contributed by atoms with Crippen molar-refractivity contribution in [2.24, 2.45) is 0 Å². The molecule has 0 atom stereocenters. The van der Waals surface area contributed by atoms with Gasteiger partial charge in [0.1, 0.15) is 17.9 Å². The summed E-state index contributed by atoms with van der Waals surface area (Å²) >= 11 is 0. The average molecular weight is 340 g/mol. The van der Waals surface area contributed by atoms with E-state index in [9.17, 15) is 18.0 Å². The van der Waals surface area contributed by atoms with Gasteiger partial charge in [0.05, 0.1) is 30.2 Å². The van der Waals surface area contributed by atoms with Gasteiger partial charge >= 0.3 is 6.18 Å². The number of carbonyl (C=O) groups excluding carboxylic acids is 1. The van der Waals surface area contributed by atoms with Crippen LogP contribution >= 0.6 is 0 Å². The minimum absolute atomic E-state index is 0.0984. The fourth-order valence-electron chi connectivity index (χ4n) is 2.54. The van der Waals surface area contributed by atoms with Crippen LogP contribution in [-0.2, 0) is 17.5 Å². The molecule has 0 saturated carbocycles. The minimum atomic E-state index is -4.50. The van der Waals surface area contributed by atoms with E-state index in [1.165, 1.54) is 28.2 Å². The van der Waals surface area contributed by atoms with Crippen molar-refractivity contribution in [3.63, 3.8) is 0 Å². The molecule has 0 unspecified atom stereocenters. The van der Waals surface area contributed by atoms with E-state index < -0.39 is 23.2 Å². The summed E-state index contributed by atoms with van der Waals surface area (Å²) in [5.74, 6) is -0.177. The monoisotopic (exact) mass is 340 g/mol. The van der Waals surface area contributed by atoms with Gasteiger partial charge in [-0.3, -0.25) is 4.79 Å². The van der Waals surface area contributed by atoms with E-state index in [2.05, 4.69) is 10.2 Å². The lowest BCUT2D eigenvalue weighted by molar-refractivity contribution is -0.137. The van der Waals surface area contributed by atoms with E-state index >= 15 is 0 Å². The first-order valence-electron chi connectivity index (χ1n) is 7.20. The molecule has 6 nitrogen and oxygen atoms in total. The maximum atomic E-state index is 13.0. The van der Waals surface area contributed by atoms with E-state index in [-0.39, 0.29) is 24.5 Å². The molecule has 24 heavy (non-hydrogen) atoms. The molecule has 0 radical (unpaired) electrons. The topological polar surface area (TPSA) is 60.2 Å². The number of rotatable bonds is 2. The highest BCUT2D eigenvalue weighted by molar-refractivity contribution is 5.95. The molecule has 2 heterocycles. The second-order valence-electron chi connectivity index (χ2n) is 6.08. The predicted molar refractivity (Wildman–Crippen MR) is 78.5 cm³/mol. The highest BCUT2D eigenvalue weighted by Gasteiger charge is 2.38. The van der Waals surface area contributed by atoms with Gasteiger partial charge in [-0.2, -0.15) is 28.2 Å². The Morgan fingerprint density at radius 1 is 1.29 bits per heavy atom. The third kappa shape index (κ3) is 3.19. The van der Waals surface area contributed by atoms with Gasteiger partial charge in [-0.25, -0.2) is 0 Å². The van der Waals surface area contributed by atoms with Crippen molar-refractivity contribution in [1.29, 1.82) is 0 Å². The molecule has 128 valence electrons. The number of benzene rings is 1. The molecular formula is C15H15F3N4O2. The molecule has 0 fully saturated rings. The summed E-state index contributed by atoms with van der Waals surface area (Å²) < 4.78 is 44.6. The molecule has 1 aliphatic rings. The normalized spacial score (nSPS) is 16.5. The van der Waals surface area contributed by atoms with Crippen LogP contribution in [0.2, 0.25) is 0 Å². The molecule has 1 amide bonds. The molecule has 1 aliphatic heterocycles. The molecule has 0 spiro atoms. The van der Waals surface area contributed by atoms with E-state index in [0.29, 0.717) is 0 Å². The smallest absolute Gasteiger partial charge is 0.416 e. The quantitative estimate of drug-likeness (QED) is 0.843. The van der Waals surface area contributed by atoms with Crippen LogP contribution in [0.25, 0.3) is 0 Å². The molecular weight excluding hydrogens is 325 g/mol. The Kier molecular flexibility index (Phi) is 3.73. The Morgan fingerprint density at radius 3 is 2.58 bits per heavy atom. The zero-order valence-corrected chi connectivity index (χ0v) is 13.0. The van der Waals surface area contributed by atoms with Crippen LogP contribution in [0.1, 0.15) is 19.4 Å². The number of ether oxygens (including phenoxy) is 1. The van der Waals surface area contributed by atoms with Crippen molar-refractivity contribution in [3.8, 4) is 5.75 Å². The summed E-state index contributed by atoms with van der Waals surface area (Å²) in [6.45, 7) is 3.49. The molecule has 3 rings (SSSR count). The van der Waals surface area contributed by atoms with Crippen LogP contribution in [0.4, 0.5) is 18.9 Å². The van der Waals surface area contributed by atoms with Crippen LogP contribution in [-0.4, -0.2) is 33.0 Å². The summed E-state index contributed by atoms with van der Waals surface area (Å²) in [6, 6.07) is 3.11. The van der Waals surface area contributed by atoms with E-state index in [1.54, 1.807) is 13.8 Å². The largest absolute Gasteiger partial charge is 0.484 e. The van der Waals surface area contributed by atoms with E-state index in [4.69, 9.17) is 4.74 Å². The first-order chi connectivity index (χ1) is 11.2. The number of amides is 1. The lowest BCUT2D eigenvalue weighted by Gasteiger charge is -2.39. The highest BCUT2D eigenvalue weighted by atomic mass is 19.4. The fraction of sp³-hybridized carbons (Fsp3) is 0.400. The number of fused-ring (bicyclic) bond motifs is 1. The maximum Gasteiger partial charge on any atom is 0.416 e. The van der Waals surface area contributed by atoms with Gasteiger partial charge in [0.2, 0.25) is 0 Å². The third-order valence-electron chi connectivity index (χ3n) is 3.55. The van der Waals surface area contributed by atoms with Gasteiger partial charge in [-0.15, -0.1) is 0 Å².